The molecule has 104 valence electrons. The van der Waals surface area contributed by atoms with E-state index in [0.717, 1.165) is 19.3 Å². The van der Waals surface area contributed by atoms with E-state index >= 15 is 0 Å². The summed E-state index contributed by atoms with van der Waals surface area (Å²) in [6.45, 7) is 5.86. The number of carbonyl (C=O) groups excluding carboxylic acids is 1. The van der Waals surface area contributed by atoms with Gasteiger partial charge in [0.05, 0.1) is 0 Å². The smallest absolute Gasteiger partial charge is 0.329 e. The zero-order chi connectivity index (χ0) is 13.9. The van der Waals surface area contributed by atoms with Gasteiger partial charge >= 0.3 is 5.97 Å². The first-order valence-corrected chi connectivity index (χ1v) is 6.84. The highest BCUT2D eigenvalue weighted by atomic mass is 16.4. The largest absolute Gasteiger partial charge is 0.479 e. The van der Waals surface area contributed by atoms with Crippen LogP contribution in [0.3, 0.4) is 0 Å². The number of carbonyl (C=O) groups is 2. The van der Waals surface area contributed by atoms with Gasteiger partial charge in [0.1, 0.15) is 5.54 Å². The maximum absolute atomic E-state index is 12.4. The Morgan fingerprint density at radius 3 is 2.00 bits per heavy atom. The topological polar surface area (TPSA) is 57.6 Å². The predicted octanol–water partition coefficient (Wildman–Crippen LogP) is 2.52. The third-order valence-corrected chi connectivity index (χ3v) is 4.44. The number of amides is 1. The van der Waals surface area contributed by atoms with Gasteiger partial charge in [0, 0.05) is 13.0 Å². The lowest BCUT2D eigenvalue weighted by Crippen LogP contribution is -2.57. The monoisotopic (exact) mass is 255 g/mol. The minimum atomic E-state index is -0.974. The van der Waals surface area contributed by atoms with Crippen LogP contribution in [0.15, 0.2) is 0 Å². The lowest BCUT2D eigenvalue weighted by atomic mass is 9.79. The first kappa shape index (κ1) is 15.0. The van der Waals surface area contributed by atoms with E-state index in [1.54, 1.807) is 7.05 Å². The summed E-state index contributed by atoms with van der Waals surface area (Å²) in [5.74, 6) is -0.800. The maximum Gasteiger partial charge on any atom is 0.329 e. The number of aliphatic carboxylic acids is 1. The van der Waals surface area contributed by atoms with Gasteiger partial charge in [0.15, 0.2) is 0 Å². The highest BCUT2D eigenvalue weighted by Crippen LogP contribution is 2.34. The molecule has 0 aliphatic heterocycles. The summed E-state index contributed by atoms with van der Waals surface area (Å²) < 4.78 is 0. The van der Waals surface area contributed by atoms with Gasteiger partial charge in [-0.3, -0.25) is 4.79 Å². The Balaban J connectivity index is 2.93. The number of likely N-dealkylation sites (N-methyl/N-ethyl adjacent to an activating group) is 1. The fourth-order valence-electron chi connectivity index (χ4n) is 2.63. The summed E-state index contributed by atoms with van der Waals surface area (Å²) in [7, 11) is 1.65. The van der Waals surface area contributed by atoms with E-state index in [4.69, 9.17) is 0 Å². The molecule has 0 aromatic rings. The number of carboxylic acids is 1. The maximum atomic E-state index is 12.4. The zero-order valence-corrected chi connectivity index (χ0v) is 11.9. The molecule has 0 saturated heterocycles. The molecule has 1 fully saturated rings. The molecule has 1 N–H and O–H groups in total. The van der Waals surface area contributed by atoms with Crippen LogP contribution in [0.5, 0.6) is 0 Å². The molecule has 1 unspecified atom stereocenters. The van der Waals surface area contributed by atoms with Crippen LogP contribution in [-0.2, 0) is 9.59 Å². The summed E-state index contributed by atoms with van der Waals surface area (Å²) in [4.78, 5) is 25.5. The molecule has 0 aromatic carbocycles. The van der Waals surface area contributed by atoms with E-state index in [0.29, 0.717) is 12.8 Å². The van der Waals surface area contributed by atoms with Crippen LogP contribution >= 0.6 is 0 Å². The van der Waals surface area contributed by atoms with Crippen molar-refractivity contribution >= 4 is 11.9 Å². The van der Waals surface area contributed by atoms with E-state index < -0.39 is 11.5 Å². The Hall–Kier alpha value is -1.06. The van der Waals surface area contributed by atoms with Crippen molar-refractivity contribution in [3.8, 4) is 0 Å². The van der Waals surface area contributed by atoms with Crippen molar-refractivity contribution < 1.29 is 14.7 Å². The van der Waals surface area contributed by atoms with E-state index in [1.807, 2.05) is 20.8 Å². The number of carboxylic acid groups (broad SMARTS) is 1. The van der Waals surface area contributed by atoms with Crippen LogP contribution in [0, 0.1) is 11.8 Å². The minimum absolute atomic E-state index is 0.0469. The Kier molecular flexibility index (Phi) is 4.77. The molecule has 18 heavy (non-hydrogen) atoms. The molecular formula is C14H25NO3. The Morgan fingerprint density at radius 2 is 1.61 bits per heavy atom. The van der Waals surface area contributed by atoms with Crippen LogP contribution in [0.2, 0.25) is 0 Å². The van der Waals surface area contributed by atoms with Gasteiger partial charge in [0.25, 0.3) is 0 Å². The Labute approximate surface area is 109 Å². The molecular weight excluding hydrogens is 230 g/mol. The second-order valence-electron chi connectivity index (χ2n) is 5.83. The Bertz CT molecular complexity index is 319. The van der Waals surface area contributed by atoms with Gasteiger partial charge in [0.2, 0.25) is 5.91 Å². The summed E-state index contributed by atoms with van der Waals surface area (Å²) >= 11 is 0. The van der Waals surface area contributed by atoms with Gasteiger partial charge in [-0.05, 0) is 18.8 Å². The second kappa shape index (κ2) is 5.72. The van der Waals surface area contributed by atoms with E-state index in [2.05, 4.69) is 0 Å². The van der Waals surface area contributed by atoms with Crippen LogP contribution in [0.1, 0.15) is 52.9 Å². The zero-order valence-electron chi connectivity index (χ0n) is 11.9. The van der Waals surface area contributed by atoms with Crippen molar-refractivity contribution in [2.45, 2.75) is 58.4 Å². The van der Waals surface area contributed by atoms with Crippen molar-refractivity contribution in [2.24, 2.45) is 11.8 Å². The molecule has 4 nitrogen and oxygen atoms in total. The van der Waals surface area contributed by atoms with Gasteiger partial charge in [-0.25, -0.2) is 4.79 Å². The summed E-state index contributed by atoms with van der Waals surface area (Å²) in [5, 5.41) is 9.53. The van der Waals surface area contributed by atoms with E-state index in [-0.39, 0.29) is 17.7 Å². The Morgan fingerprint density at radius 1 is 1.11 bits per heavy atom. The summed E-state index contributed by atoms with van der Waals surface area (Å²) in [6.07, 6.45) is 4.00. The van der Waals surface area contributed by atoms with E-state index in [9.17, 15) is 14.7 Å². The molecule has 0 spiro atoms. The van der Waals surface area contributed by atoms with Gasteiger partial charge in [-0.15, -0.1) is 0 Å². The molecule has 1 rings (SSSR count). The molecule has 4 heteroatoms. The standard InChI is InChI=1S/C14H25NO3/c1-10(2)11(3)12(16)15(4)14(13(17)18)8-6-5-7-9-14/h10-11H,5-9H2,1-4H3,(H,17,18). The van der Waals surface area contributed by atoms with Crippen molar-refractivity contribution in [1.82, 2.24) is 4.90 Å². The lowest BCUT2D eigenvalue weighted by molar-refractivity contribution is -0.162. The van der Waals surface area contributed by atoms with Gasteiger partial charge in [-0.2, -0.15) is 0 Å². The molecule has 0 heterocycles. The molecule has 0 aromatic heterocycles. The van der Waals surface area contributed by atoms with Crippen LogP contribution in [-0.4, -0.2) is 34.5 Å². The second-order valence-corrected chi connectivity index (χ2v) is 5.83. The summed E-state index contributed by atoms with van der Waals surface area (Å²) in [6, 6.07) is 0. The van der Waals surface area contributed by atoms with E-state index in [1.165, 1.54) is 4.90 Å². The van der Waals surface area contributed by atoms with Crippen molar-refractivity contribution in [1.29, 1.82) is 0 Å². The molecule has 1 atom stereocenters. The third-order valence-electron chi connectivity index (χ3n) is 4.44. The van der Waals surface area contributed by atoms with Crippen LogP contribution in [0.25, 0.3) is 0 Å². The average Bonchev–Trinajstić information content (AvgIpc) is 2.36. The molecule has 1 aliphatic carbocycles. The average molecular weight is 255 g/mol. The van der Waals surface area contributed by atoms with Crippen molar-refractivity contribution in [3.05, 3.63) is 0 Å². The van der Waals surface area contributed by atoms with Crippen LogP contribution < -0.4 is 0 Å². The quantitative estimate of drug-likeness (QED) is 0.839. The van der Waals surface area contributed by atoms with Gasteiger partial charge in [-0.1, -0.05) is 40.0 Å². The predicted molar refractivity (Wildman–Crippen MR) is 70.2 cm³/mol. The molecule has 1 aliphatic rings. The first-order chi connectivity index (χ1) is 8.33. The highest BCUT2D eigenvalue weighted by Gasteiger charge is 2.46. The lowest BCUT2D eigenvalue weighted by Gasteiger charge is -2.42. The number of hydrogen-bond acceptors (Lipinski definition) is 2. The van der Waals surface area contributed by atoms with Gasteiger partial charge < -0.3 is 10.0 Å². The SMILES string of the molecule is CC(C)C(C)C(=O)N(C)C1(C(=O)O)CCCCC1. The normalized spacial score (nSPS) is 20.5. The highest BCUT2D eigenvalue weighted by molar-refractivity contribution is 5.88. The molecule has 1 saturated carbocycles. The fraction of sp³-hybridized carbons (Fsp3) is 0.857. The fourth-order valence-corrected chi connectivity index (χ4v) is 2.63. The number of nitrogens with zero attached hydrogens (tertiary/aromatic N) is 1. The first-order valence-electron chi connectivity index (χ1n) is 6.84. The molecule has 1 amide bonds. The molecule has 0 radical (unpaired) electrons. The van der Waals surface area contributed by atoms with Crippen molar-refractivity contribution in [2.75, 3.05) is 7.05 Å². The third kappa shape index (κ3) is 2.68. The van der Waals surface area contributed by atoms with Crippen LogP contribution in [0.4, 0.5) is 0 Å². The molecule has 0 bridgehead atoms. The number of rotatable bonds is 4. The number of hydrogen-bond donors (Lipinski definition) is 1. The summed E-state index contributed by atoms with van der Waals surface area (Å²) in [5.41, 5.74) is -0.974. The van der Waals surface area contributed by atoms with Crippen molar-refractivity contribution in [3.63, 3.8) is 0 Å². The minimum Gasteiger partial charge on any atom is -0.479 e.